The van der Waals surface area contributed by atoms with Gasteiger partial charge in [-0.25, -0.2) is 0 Å². The number of halogens is 1. The molecule has 0 bridgehead atoms. The molecule has 4 heteroatoms. The lowest BCUT2D eigenvalue weighted by atomic mass is 10.0. The molecule has 106 valence electrons. The molecule has 1 saturated heterocycles. The molecule has 2 rings (SSSR count). The van der Waals surface area contributed by atoms with Crippen LogP contribution in [0.15, 0.2) is 22.7 Å². The number of hydrogen-bond donors (Lipinski definition) is 1. The molecule has 0 aliphatic carbocycles. The molecule has 19 heavy (non-hydrogen) atoms. The fourth-order valence-electron chi connectivity index (χ4n) is 2.65. The maximum absolute atomic E-state index is 5.96. The van der Waals surface area contributed by atoms with Crippen molar-refractivity contribution in [2.75, 3.05) is 25.2 Å². The van der Waals surface area contributed by atoms with Gasteiger partial charge >= 0.3 is 0 Å². The first-order valence-electron chi connectivity index (χ1n) is 6.92. The molecule has 1 aliphatic rings. The van der Waals surface area contributed by atoms with Crippen LogP contribution in [0, 0.1) is 0 Å². The highest BCUT2D eigenvalue weighted by molar-refractivity contribution is 9.10. The number of nitrogens with two attached hydrogens (primary N) is 1. The van der Waals surface area contributed by atoms with Gasteiger partial charge in [0, 0.05) is 42.5 Å². The molecular weight excluding hydrogens is 304 g/mol. The van der Waals surface area contributed by atoms with E-state index in [1.807, 2.05) is 0 Å². The van der Waals surface area contributed by atoms with Gasteiger partial charge in [-0.2, -0.15) is 0 Å². The zero-order valence-electron chi connectivity index (χ0n) is 11.7. The highest BCUT2D eigenvalue weighted by atomic mass is 79.9. The highest BCUT2D eigenvalue weighted by Crippen LogP contribution is 2.29. The van der Waals surface area contributed by atoms with Crippen LogP contribution in [0.3, 0.4) is 0 Å². The first-order chi connectivity index (χ1) is 9.08. The van der Waals surface area contributed by atoms with Crippen molar-refractivity contribution in [3.8, 4) is 0 Å². The van der Waals surface area contributed by atoms with E-state index in [4.69, 9.17) is 10.5 Å². The lowest BCUT2D eigenvalue weighted by molar-refractivity contribution is 0.0854. The van der Waals surface area contributed by atoms with Crippen LogP contribution in [0.5, 0.6) is 0 Å². The summed E-state index contributed by atoms with van der Waals surface area (Å²) in [4.78, 5) is 2.39. The van der Waals surface area contributed by atoms with Crippen LogP contribution in [-0.4, -0.2) is 32.3 Å². The lowest BCUT2D eigenvalue weighted by Crippen LogP contribution is -2.37. The van der Waals surface area contributed by atoms with E-state index in [1.54, 1.807) is 0 Å². The van der Waals surface area contributed by atoms with Crippen LogP contribution in [0.2, 0.25) is 0 Å². The molecule has 0 amide bonds. The zero-order valence-corrected chi connectivity index (χ0v) is 13.3. The Morgan fingerprint density at radius 3 is 2.74 bits per heavy atom. The van der Waals surface area contributed by atoms with Crippen LogP contribution in [0.4, 0.5) is 5.69 Å². The third-order valence-corrected chi connectivity index (χ3v) is 4.20. The molecule has 1 atom stereocenters. The Morgan fingerprint density at radius 2 is 2.11 bits per heavy atom. The monoisotopic (exact) mass is 326 g/mol. The van der Waals surface area contributed by atoms with Crippen LogP contribution in [0.1, 0.15) is 25.3 Å². The minimum absolute atomic E-state index is 0.183. The van der Waals surface area contributed by atoms with Crippen LogP contribution in [0.25, 0.3) is 0 Å². The Morgan fingerprint density at radius 1 is 1.42 bits per heavy atom. The standard InChI is InChI=1S/C15H23BrN2O/c1-11(17)9-12-3-4-13(16)10-15(12)18(2)14-5-7-19-8-6-14/h3-4,10-11,14H,5-9,17H2,1-2H3. The molecule has 1 unspecified atom stereocenters. The Labute approximate surface area is 124 Å². The molecule has 1 aliphatic heterocycles. The molecular formula is C15H23BrN2O. The number of nitrogens with zero attached hydrogens (tertiary/aromatic N) is 1. The van der Waals surface area contributed by atoms with Crippen molar-refractivity contribution in [1.29, 1.82) is 0 Å². The molecule has 0 saturated carbocycles. The molecule has 1 aromatic rings. The number of anilines is 1. The summed E-state index contributed by atoms with van der Waals surface area (Å²) in [5, 5.41) is 0. The van der Waals surface area contributed by atoms with Crippen LogP contribution >= 0.6 is 15.9 Å². The molecule has 1 fully saturated rings. The topological polar surface area (TPSA) is 38.5 Å². The van der Waals surface area contributed by atoms with Gasteiger partial charge in [-0.15, -0.1) is 0 Å². The third kappa shape index (κ3) is 3.94. The quantitative estimate of drug-likeness (QED) is 0.924. The number of ether oxygens (including phenoxy) is 1. The average Bonchev–Trinajstić information content (AvgIpc) is 2.40. The average molecular weight is 327 g/mol. The highest BCUT2D eigenvalue weighted by Gasteiger charge is 2.21. The lowest BCUT2D eigenvalue weighted by Gasteiger charge is -2.34. The van der Waals surface area contributed by atoms with Gasteiger partial charge in [0.15, 0.2) is 0 Å². The molecule has 1 heterocycles. The summed E-state index contributed by atoms with van der Waals surface area (Å²) in [6.07, 6.45) is 3.11. The number of rotatable bonds is 4. The van der Waals surface area contributed by atoms with Crippen molar-refractivity contribution in [2.45, 2.75) is 38.3 Å². The summed E-state index contributed by atoms with van der Waals surface area (Å²) < 4.78 is 6.57. The predicted molar refractivity (Wildman–Crippen MR) is 83.7 cm³/mol. The molecule has 2 N–H and O–H groups in total. The minimum Gasteiger partial charge on any atom is -0.381 e. The van der Waals surface area contributed by atoms with Gasteiger partial charge in [0.1, 0.15) is 0 Å². The molecule has 3 nitrogen and oxygen atoms in total. The summed E-state index contributed by atoms with van der Waals surface area (Å²) in [5.41, 5.74) is 8.58. The summed E-state index contributed by atoms with van der Waals surface area (Å²) >= 11 is 3.57. The summed E-state index contributed by atoms with van der Waals surface area (Å²) in [7, 11) is 2.18. The van der Waals surface area contributed by atoms with E-state index in [2.05, 4.69) is 53.0 Å². The van der Waals surface area contributed by atoms with Crippen molar-refractivity contribution in [2.24, 2.45) is 5.73 Å². The van der Waals surface area contributed by atoms with E-state index in [0.717, 1.165) is 36.9 Å². The molecule has 1 aromatic carbocycles. The van der Waals surface area contributed by atoms with Crippen molar-refractivity contribution in [3.05, 3.63) is 28.2 Å². The van der Waals surface area contributed by atoms with Crippen molar-refractivity contribution < 1.29 is 4.74 Å². The van der Waals surface area contributed by atoms with Crippen LogP contribution < -0.4 is 10.6 Å². The van der Waals surface area contributed by atoms with E-state index >= 15 is 0 Å². The SMILES string of the molecule is CC(N)Cc1ccc(Br)cc1N(C)C1CCOCC1. The second-order valence-corrected chi connectivity index (χ2v) is 6.32. The van der Waals surface area contributed by atoms with E-state index < -0.39 is 0 Å². The smallest absolute Gasteiger partial charge is 0.0485 e. The van der Waals surface area contributed by atoms with Gasteiger partial charge in [-0.05, 0) is 43.9 Å². The molecule has 0 aromatic heterocycles. The van der Waals surface area contributed by atoms with Crippen molar-refractivity contribution in [3.63, 3.8) is 0 Å². The number of benzene rings is 1. The Hall–Kier alpha value is -0.580. The normalized spacial score (nSPS) is 18.3. The van der Waals surface area contributed by atoms with E-state index in [9.17, 15) is 0 Å². The van der Waals surface area contributed by atoms with Gasteiger partial charge in [-0.1, -0.05) is 22.0 Å². The first kappa shape index (κ1) is 14.8. The van der Waals surface area contributed by atoms with Gasteiger partial charge < -0.3 is 15.4 Å². The van der Waals surface area contributed by atoms with Gasteiger partial charge in [0.25, 0.3) is 0 Å². The first-order valence-corrected chi connectivity index (χ1v) is 7.72. The van der Waals surface area contributed by atoms with Crippen LogP contribution in [-0.2, 0) is 11.2 Å². The number of hydrogen-bond acceptors (Lipinski definition) is 3. The van der Waals surface area contributed by atoms with Crippen molar-refractivity contribution >= 4 is 21.6 Å². The van der Waals surface area contributed by atoms with Gasteiger partial charge in [-0.3, -0.25) is 0 Å². The second-order valence-electron chi connectivity index (χ2n) is 5.41. The largest absolute Gasteiger partial charge is 0.381 e. The predicted octanol–water partition coefficient (Wildman–Crippen LogP) is 2.95. The van der Waals surface area contributed by atoms with Gasteiger partial charge in [0.05, 0.1) is 0 Å². The van der Waals surface area contributed by atoms with Crippen molar-refractivity contribution in [1.82, 2.24) is 0 Å². The fraction of sp³-hybridized carbons (Fsp3) is 0.600. The van der Waals surface area contributed by atoms with E-state index in [1.165, 1.54) is 11.3 Å². The van der Waals surface area contributed by atoms with E-state index in [-0.39, 0.29) is 6.04 Å². The molecule has 0 spiro atoms. The van der Waals surface area contributed by atoms with Gasteiger partial charge in [0.2, 0.25) is 0 Å². The Balaban J connectivity index is 2.22. The summed E-state index contributed by atoms with van der Waals surface area (Å²) in [5.74, 6) is 0. The minimum atomic E-state index is 0.183. The maximum Gasteiger partial charge on any atom is 0.0485 e. The van der Waals surface area contributed by atoms with E-state index in [0.29, 0.717) is 6.04 Å². The third-order valence-electron chi connectivity index (χ3n) is 3.71. The summed E-state index contributed by atoms with van der Waals surface area (Å²) in [6.45, 7) is 3.79. The zero-order chi connectivity index (χ0) is 13.8. The molecule has 0 radical (unpaired) electrons. The Kier molecular flexibility index (Phi) is 5.25. The fourth-order valence-corrected chi connectivity index (χ4v) is 3.00. The Bertz CT molecular complexity index is 417. The summed E-state index contributed by atoms with van der Waals surface area (Å²) in [6, 6.07) is 7.23. The maximum atomic E-state index is 5.96. The second kappa shape index (κ2) is 6.73.